The van der Waals surface area contributed by atoms with E-state index in [2.05, 4.69) is 5.10 Å². The minimum absolute atomic E-state index is 0.0177. The zero-order valence-corrected chi connectivity index (χ0v) is 13.0. The molecule has 1 aromatic carbocycles. The third kappa shape index (κ3) is 2.64. The van der Waals surface area contributed by atoms with Crippen molar-refractivity contribution in [3.05, 3.63) is 48.3 Å². The molecule has 2 heterocycles. The summed E-state index contributed by atoms with van der Waals surface area (Å²) >= 11 is 0. The topological polar surface area (TPSA) is 72.3 Å². The molecular weight excluding hydrogens is 302 g/mol. The molecule has 0 radical (unpaired) electrons. The number of carbonyl (C=O) groups excluding carboxylic acids is 1. The van der Waals surface area contributed by atoms with Crippen molar-refractivity contribution in [1.29, 1.82) is 0 Å². The normalized spacial score (nSPS) is 20.8. The first-order chi connectivity index (χ1) is 10.5. The van der Waals surface area contributed by atoms with Gasteiger partial charge in [0, 0.05) is 25.5 Å². The second-order valence-corrected chi connectivity index (χ2v) is 7.94. The molecule has 0 aliphatic carbocycles. The molecule has 116 valence electrons. The van der Waals surface area contributed by atoms with Gasteiger partial charge in [0.25, 0.3) is 5.91 Å². The third-order valence-corrected chi connectivity index (χ3v) is 6.04. The zero-order valence-electron chi connectivity index (χ0n) is 12.2. The lowest BCUT2D eigenvalue weighted by Gasteiger charge is -2.31. The quantitative estimate of drug-likeness (QED) is 0.832. The summed E-state index contributed by atoms with van der Waals surface area (Å²) < 4.78 is 25.2. The van der Waals surface area contributed by atoms with Crippen LogP contribution < -0.4 is 0 Å². The van der Waals surface area contributed by atoms with Crippen molar-refractivity contribution in [2.24, 2.45) is 0 Å². The average Bonchev–Trinajstić information content (AvgIpc) is 3.03. The van der Waals surface area contributed by atoms with E-state index in [9.17, 15) is 13.2 Å². The smallest absolute Gasteiger partial charge is 0.256 e. The molecule has 1 saturated heterocycles. The van der Waals surface area contributed by atoms with Crippen molar-refractivity contribution < 1.29 is 13.2 Å². The molecule has 0 spiro atoms. The number of amides is 1. The van der Waals surface area contributed by atoms with Crippen molar-refractivity contribution in [3.63, 3.8) is 0 Å². The summed E-state index contributed by atoms with van der Waals surface area (Å²) in [6, 6.07) is 9.00. The first kappa shape index (κ1) is 14.8. The summed E-state index contributed by atoms with van der Waals surface area (Å²) in [5.41, 5.74) is 1.22. The largest absolute Gasteiger partial charge is 0.336 e. The van der Waals surface area contributed by atoms with E-state index in [1.54, 1.807) is 47.1 Å². The molecule has 1 amide bonds. The highest BCUT2D eigenvalue weighted by molar-refractivity contribution is 7.92. The molecule has 3 rings (SSSR count). The van der Waals surface area contributed by atoms with Crippen molar-refractivity contribution >= 4 is 15.7 Å². The van der Waals surface area contributed by atoms with Crippen molar-refractivity contribution in [1.82, 2.24) is 14.7 Å². The third-order valence-electron chi connectivity index (χ3n) is 3.91. The average molecular weight is 319 g/mol. The standard InChI is InChI=1S/C15H17N3O3S/c1-12-11-17(9-10-22(12,20)21)15(19)13-5-2-3-6-14(13)18-8-4-7-16-18/h2-8,12H,9-11H2,1H3/t12-/m0/s1. The maximum Gasteiger partial charge on any atom is 0.256 e. The number of nitrogens with zero attached hydrogens (tertiary/aromatic N) is 3. The Morgan fingerprint density at radius 2 is 2.05 bits per heavy atom. The van der Waals surface area contributed by atoms with Crippen LogP contribution in [0.3, 0.4) is 0 Å². The summed E-state index contributed by atoms with van der Waals surface area (Å²) in [7, 11) is -3.07. The number of aromatic nitrogens is 2. The molecule has 1 fully saturated rings. The highest BCUT2D eigenvalue weighted by Gasteiger charge is 2.32. The van der Waals surface area contributed by atoms with Crippen molar-refractivity contribution in [3.8, 4) is 5.69 Å². The molecule has 1 atom stereocenters. The SMILES string of the molecule is C[C@H]1CN(C(=O)c2ccccc2-n2cccn2)CCS1(=O)=O. The lowest BCUT2D eigenvalue weighted by atomic mass is 10.1. The van der Waals surface area contributed by atoms with Crippen LogP contribution in [0.4, 0.5) is 0 Å². The van der Waals surface area contributed by atoms with Gasteiger partial charge in [-0.3, -0.25) is 4.79 Å². The van der Waals surface area contributed by atoms with E-state index >= 15 is 0 Å². The fraction of sp³-hybridized carbons (Fsp3) is 0.333. The Bertz CT molecular complexity index is 784. The minimum atomic E-state index is -3.07. The summed E-state index contributed by atoms with van der Waals surface area (Å²) in [4.78, 5) is 14.4. The van der Waals surface area contributed by atoms with Crippen LogP contribution in [0.15, 0.2) is 42.7 Å². The molecule has 6 nitrogen and oxygen atoms in total. The van der Waals surface area contributed by atoms with Crippen LogP contribution in [-0.4, -0.2) is 53.1 Å². The molecule has 0 unspecified atom stereocenters. The highest BCUT2D eigenvalue weighted by atomic mass is 32.2. The Kier molecular flexibility index (Phi) is 3.74. The highest BCUT2D eigenvalue weighted by Crippen LogP contribution is 2.19. The molecule has 0 bridgehead atoms. The molecular formula is C15H17N3O3S. The number of carbonyl (C=O) groups is 1. The Labute approximate surface area is 129 Å². The van der Waals surface area contributed by atoms with Gasteiger partial charge in [-0.15, -0.1) is 0 Å². The first-order valence-corrected chi connectivity index (χ1v) is 8.80. The monoisotopic (exact) mass is 319 g/mol. The van der Waals surface area contributed by atoms with Gasteiger partial charge in [-0.1, -0.05) is 12.1 Å². The van der Waals surface area contributed by atoms with Crippen molar-refractivity contribution in [2.75, 3.05) is 18.8 Å². The summed E-state index contributed by atoms with van der Waals surface area (Å²) in [6.45, 7) is 2.11. The van der Waals surface area contributed by atoms with Crippen LogP contribution >= 0.6 is 0 Å². The van der Waals surface area contributed by atoms with Crippen LogP contribution in [-0.2, 0) is 9.84 Å². The second kappa shape index (κ2) is 5.57. The van der Waals surface area contributed by atoms with E-state index in [1.807, 2.05) is 12.1 Å². The number of hydrogen-bond donors (Lipinski definition) is 0. The summed E-state index contributed by atoms with van der Waals surface area (Å²) in [5, 5.41) is 3.64. The number of para-hydroxylation sites is 1. The molecule has 1 aromatic heterocycles. The van der Waals surface area contributed by atoms with Gasteiger partial charge in [-0.2, -0.15) is 5.10 Å². The molecule has 1 aliphatic heterocycles. The van der Waals surface area contributed by atoms with Gasteiger partial charge in [-0.05, 0) is 25.1 Å². The van der Waals surface area contributed by atoms with Crippen molar-refractivity contribution in [2.45, 2.75) is 12.2 Å². The van der Waals surface area contributed by atoms with Crippen LogP contribution in [0.25, 0.3) is 5.69 Å². The lowest BCUT2D eigenvalue weighted by Crippen LogP contribution is -2.48. The maximum atomic E-state index is 12.8. The van der Waals surface area contributed by atoms with Gasteiger partial charge in [0.15, 0.2) is 9.84 Å². The van der Waals surface area contributed by atoms with Gasteiger partial charge in [0.1, 0.15) is 0 Å². The van der Waals surface area contributed by atoms with E-state index in [4.69, 9.17) is 0 Å². The van der Waals surface area contributed by atoms with E-state index in [0.29, 0.717) is 11.3 Å². The molecule has 1 aliphatic rings. The van der Waals surface area contributed by atoms with Gasteiger partial charge < -0.3 is 4.90 Å². The van der Waals surface area contributed by atoms with E-state index < -0.39 is 15.1 Å². The first-order valence-electron chi connectivity index (χ1n) is 7.09. The predicted molar refractivity (Wildman–Crippen MR) is 82.7 cm³/mol. The van der Waals surface area contributed by atoms with Crippen LogP contribution in [0.2, 0.25) is 0 Å². The number of sulfone groups is 1. The Balaban J connectivity index is 1.91. The number of benzene rings is 1. The Morgan fingerprint density at radius 1 is 1.27 bits per heavy atom. The molecule has 2 aromatic rings. The molecule has 0 N–H and O–H groups in total. The van der Waals surface area contributed by atoms with Crippen LogP contribution in [0.5, 0.6) is 0 Å². The second-order valence-electron chi connectivity index (χ2n) is 5.40. The van der Waals surface area contributed by atoms with Gasteiger partial charge >= 0.3 is 0 Å². The van der Waals surface area contributed by atoms with E-state index in [0.717, 1.165) is 0 Å². The summed E-state index contributed by atoms with van der Waals surface area (Å²) in [5.74, 6) is -0.142. The summed E-state index contributed by atoms with van der Waals surface area (Å²) in [6.07, 6.45) is 3.42. The minimum Gasteiger partial charge on any atom is -0.336 e. The van der Waals surface area contributed by atoms with Gasteiger partial charge in [0.05, 0.1) is 22.3 Å². The number of hydrogen-bond acceptors (Lipinski definition) is 4. The van der Waals surface area contributed by atoms with Gasteiger partial charge in [0.2, 0.25) is 0 Å². The van der Waals surface area contributed by atoms with E-state index in [1.165, 1.54) is 0 Å². The Morgan fingerprint density at radius 3 is 2.73 bits per heavy atom. The molecule has 7 heteroatoms. The molecule has 0 saturated carbocycles. The van der Waals surface area contributed by atoms with E-state index in [-0.39, 0.29) is 24.7 Å². The predicted octanol–water partition coefficient (Wildman–Crippen LogP) is 1.13. The van der Waals surface area contributed by atoms with Crippen LogP contribution in [0.1, 0.15) is 17.3 Å². The Hall–Kier alpha value is -2.15. The zero-order chi connectivity index (χ0) is 15.7. The maximum absolute atomic E-state index is 12.8. The van der Waals surface area contributed by atoms with Crippen LogP contribution in [0, 0.1) is 0 Å². The molecule has 22 heavy (non-hydrogen) atoms. The fourth-order valence-corrected chi connectivity index (χ4v) is 3.86. The van der Waals surface area contributed by atoms with Gasteiger partial charge in [-0.25, -0.2) is 13.1 Å². The number of rotatable bonds is 2. The lowest BCUT2D eigenvalue weighted by molar-refractivity contribution is 0.0760. The fourth-order valence-electron chi connectivity index (χ4n) is 2.57.